The second-order valence-electron chi connectivity index (χ2n) is 8.03. The number of benzene rings is 1. The van der Waals surface area contributed by atoms with Gasteiger partial charge in [-0.1, -0.05) is 23.7 Å². The van der Waals surface area contributed by atoms with E-state index in [0.717, 1.165) is 16.8 Å². The van der Waals surface area contributed by atoms with Crippen LogP contribution in [0.15, 0.2) is 42.9 Å². The Bertz CT molecular complexity index is 1130. The number of amides is 2. The van der Waals surface area contributed by atoms with Crippen LogP contribution in [-0.4, -0.2) is 62.4 Å². The number of rotatable bonds is 7. The standard InChI is InChI=1S/C22H25ClN6O4/c23-15-3-1-14(2-4-15)17(6-12-30)27-20(31)22(28-21(32)33)7-10-29(11-8-22)19-16-5-9-24-18(16)25-13-26-19/h1-5,9,13,17,28,30H,6-8,10-12H2,(H,27,31)(H,32,33)(H,24,25,26)/t17-/m0/s1. The van der Waals surface area contributed by atoms with Crippen molar-refractivity contribution in [2.24, 2.45) is 0 Å². The van der Waals surface area contributed by atoms with Crippen LogP contribution in [0, 0.1) is 0 Å². The van der Waals surface area contributed by atoms with Crippen LogP contribution in [-0.2, 0) is 4.79 Å². The lowest BCUT2D eigenvalue weighted by Gasteiger charge is -2.41. The number of H-pyrrole nitrogens is 1. The van der Waals surface area contributed by atoms with E-state index < -0.39 is 23.6 Å². The van der Waals surface area contributed by atoms with Gasteiger partial charge in [-0.25, -0.2) is 14.8 Å². The Balaban J connectivity index is 1.53. The van der Waals surface area contributed by atoms with Crippen LogP contribution >= 0.6 is 11.6 Å². The molecule has 174 valence electrons. The number of carbonyl (C=O) groups excluding carboxylic acids is 1. The van der Waals surface area contributed by atoms with Crippen LogP contribution in [0.1, 0.15) is 30.9 Å². The van der Waals surface area contributed by atoms with Crippen LogP contribution in [0.3, 0.4) is 0 Å². The fourth-order valence-corrected chi connectivity index (χ4v) is 4.39. The predicted octanol–water partition coefficient (Wildman–Crippen LogP) is 2.46. The first-order valence-corrected chi connectivity index (χ1v) is 11.0. The molecule has 2 amide bonds. The van der Waals surface area contributed by atoms with Gasteiger partial charge in [0.1, 0.15) is 23.3 Å². The molecule has 0 radical (unpaired) electrons. The topological polar surface area (TPSA) is 143 Å². The van der Waals surface area contributed by atoms with E-state index in [1.54, 1.807) is 30.5 Å². The SMILES string of the molecule is O=C(O)NC1(C(=O)N[C@@H](CCO)c2ccc(Cl)cc2)CCN(c2ncnc3[nH]ccc23)CC1. The molecular formula is C22H25ClN6O4. The highest BCUT2D eigenvalue weighted by molar-refractivity contribution is 6.30. The van der Waals surface area contributed by atoms with Crippen molar-refractivity contribution in [3.05, 3.63) is 53.4 Å². The van der Waals surface area contributed by atoms with Gasteiger partial charge in [0, 0.05) is 30.9 Å². The molecule has 1 aromatic carbocycles. The van der Waals surface area contributed by atoms with Gasteiger partial charge in [0.15, 0.2) is 0 Å². The van der Waals surface area contributed by atoms with E-state index in [9.17, 15) is 19.8 Å². The van der Waals surface area contributed by atoms with Crippen molar-refractivity contribution >= 4 is 40.5 Å². The van der Waals surface area contributed by atoms with Gasteiger partial charge in [-0.05, 0) is 43.0 Å². The van der Waals surface area contributed by atoms with Gasteiger partial charge in [-0.2, -0.15) is 0 Å². The molecule has 0 unspecified atom stereocenters. The first-order valence-electron chi connectivity index (χ1n) is 10.6. The number of aliphatic hydroxyl groups excluding tert-OH is 1. The Hall–Kier alpha value is -3.37. The molecule has 1 saturated heterocycles. The third-order valence-corrected chi connectivity index (χ3v) is 6.28. The number of aliphatic hydroxyl groups is 1. The molecule has 1 fully saturated rings. The molecule has 3 heterocycles. The fourth-order valence-electron chi connectivity index (χ4n) is 4.27. The summed E-state index contributed by atoms with van der Waals surface area (Å²) in [6, 6.07) is 8.38. The lowest BCUT2D eigenvalue weighted by atomic mass is 9.85. The third-order valence-electron chi connectivity index (χ3n) is 6.03. The van der Waals surface area contributed by atoms with Gasteiger partial charge in [0.05, 0.1) is 11.4 Å². The van der Waals surface area contributed by atoms with Crippen LogP contribution in [0.2, 0.25) is 5.02 Å². The second kappa shape index (κ2) is 9.63. The summed E-state index contributed by atoms with van der Waals surface area (Å²) in [6.07, 6.45) is 2.80. The minimum absolute atomic E-state index is 0.138. The highest BCUT2D eigenvalue weighted by Gasteiger charge is 2.44. The van der Waals surface area contributed by atoms with Gasteiger partial charge >= 0.3 is 6.09 Å². The van der Waals surface area contributed by atoms with Crippen molar-refractivity contribution in [2.45, 2.75) is 30.8 Å². The Labute approximate surface area is 195 Å². The van der Waals surface area contributed by atoms with Gasteiger partial charge in [0.2, 0.25) is 5.91 Å². The summed E-state index contributed by atoms with van der Waals surface area (Å²) >= 11 is 5.97. The number of carbonyl (C=O) groups is 2. The number of halogens is 1. The van der Waals surface area contributed by atoms with E-state index in [1.165, 1.54) is 6.33 Å². The zero-order chi connectivity index (χ0) is 23.4. The Morgan fingerprint density at radius 2 is 1.91 bits per heavy atom. The van der Waals surface area contributed by atoms with Crippen LogP contribution in [0.5, 0.6) is 0 Å². The van der Waals surface area contributed by atoms with E-state index in [1.807, 2.05) is 11.0 Å². The van der Waals surface area contributed by atoms with Gasteiger partial charge in [-0.3, -0.25) is 4.79 Å². The van der Waals surface area contributed by atoms with Crippen LogP contribution in [0.25, 0.3) is 11.0 Å². The largest absolute Gasteiger partial charge is 0.465 e. The summed E-state index contributed by atoms with van der Waals surface area (Å²) in [7, 11) is 0. The number of hydrogen-bond acceptors (Lipinski definition) is 6. The number of nitrogens with zero attached hydrogens (tertiary/aromatic N) is 3. The van der Waals surface area contributed by atoms with E-state index in [0.29, 0.717) is 23.8 Å². The first-order chi connectivity index (χ1) is 15.9. The van der Waals surface area contributed by atoms with Crippen LogP contribution < -0.4 is 15.5 Å². The molecule has 0 spiro atoms. The molecule has 4 rings (SSSR count). The average molecular weight is 473 g/mol. The van der Waals surface area contributed by atoms with Gasteiger partial charge in [0.25, 0.3) is 0 Å². The van der Waals surface area contributed by atoms with E-state index >= 15 is 0 Å². The van der Waals surface area contributed by atoms with Crippen molar-refractivity contribution < 1.29 is 19.8 Å². The molecule has 33 heavy (non-hydrogen) atoms. The molecule has 0 saturated carbocycles. The number of nitrogens with one attached hydrogen (secondary N) is 3. The monoisotopic (exact) mass is 472 g/mol. The summed E-state index contributed by atoms with van der Waals surface area (Å²) in [6.45, 7) is 0.717. The Morgan fingerprint density at radius 1 is 1.18 bits per heavy atom. The Morgan fingerprint density at radius 3 is 2.58 bits per heavy atom. The molecule has 1 atom stereocenters. The molecule has 1 aliphatic heterocycles. The highest BCUT2D eigenvalue weighted by Crippen LogP contribution is 2.30. The highest BCUT2D eigenvalue weighted by atomic mass is 35.5. The predicted molar refractivity (Wildman–Crippen MR) is 123 cm³/mol. The zero-order valence-corrected chi connectivity index (χ0v) is 18.5. The lowest BCUT2D eigenvalue weighted by molar-refractivity contribution is -0.129. The number of piperidine rings is 1. The zero-order valence-electron chi connectivity index (χ0n) is 17.8. The molecule has 0 aliphatic carbocycles. The summed E-state index contributed by atoms with van der Waals surface area (Å²) in [5.41, 5.74) is 0.195. The van der Waals surface area contributed by atoms with Crippen molar-refractivity contribution in [1.82, 2.24) is 25.6 Å². The van der Waals surface area contributed by atoms with E-state index in [2.05, 4.69) is 25.6 Å². The van der Waals surface area contributed by atoms with E-state index in [-0.39, 0.29) is 25.9 Å². The van der Waals surface area contributed by atoms with Crippen molar-refractivity contribution in [1.29, 1.82) is 0 Å². The van der Waals surface area contributed by atoms with Crippen molar-refractivity contribution in [3.8, 4) is 0 Å². The maximum absolute atomic E-state index is 13.4. The molecule has 2 aromatic heterocycles. The van der Waals surface area contributed by atoms with Gasteiger partial charge < -0.3 is 30.7 Å². The number of aromatic nitrogens is 3. The lowest BCUT2D eigenvalue weighted by Crippen LogP contribution is -2.63. The summed E-state index contributed by atoms with van der Waals surface area (Å²) < 4.78 is 0. The summed E-state index contributed by atoms with van der Waals surface area (Å²) in [5, 5.41) is 25.8. The molecule has 0 bridgehead atoms. The number of carboxylic acid groups (broad SMARTS) is 1. The average Bonchev–Trinajstić information content (AvgIpc) is 3.28. The van der Waals surface area contributed by atoms with E-state index in [4.69, 9.17) is 11.6 Å². The number of aromatic amines is 1. The Kier molecular flexibility index (Phi) is 6.66. The molecule has 5 N–H and O–H groups in total. The number of anilines is 1. The molecular weight excluding hydrogens is 448 g/mol. The first kappa shape index (κ1) is 22.8. The smallest absolute Gasteiger partial charge is 0.405 e. The van der Waals surface area contributed by atoms with Gasteiger partial charge in [-0.15, -0.1) is 0 Å². The van der Waals surface area contributed by atoms with Crippen molar-refractivity contribution in [3.63, 3.8) is 0 Å². The fraction of sp³-hybridized carbons (Fsp3) is 0.364. The maximum Gasteiger partial charge on any atom is 0.405 e. The molecule has 10 nitrogen and oxygen atoms in total. The molecule has 3 aromatic rings. The number of fused-ring (bicyclic) bond motifs is 1. The normalized spacial score (nSPS) is 16.4. The molecule has 1 aliphatic rings. The maximum atomic E-state index is 13.4. The van der Waals surface area contributed by atoms with Crippen LogP contribution in [0.4, 0.5) is 10.6 Å². The third kappa shape index (κ3) is 4.86. The minimum Gasteiger partial charge on any atom is -0.465 e. The second-order valence-corrected chi connectivity index (χ2v) is 8.46. The molecule has 11 heteroatoms. The number of hydrogen-bond donors (Lipinski definition) is 5. The van der Waals surface area contributed by atoms with Crippen molar-refractivity contribution in [2.75, 3.05) is 24.6 Å². The summed E-state index contributed by atoms with van der Waals surface area (Å²) in [5.74, 6) is 0.317. The quantitative estimate of drug-likeness (QED) is 0.355. The summed E-state index contributed by atoms with van der Waals surface area (Å²) in [4.78, 5) is 38.7. The minimum atomic E-state index is -1.30.